The molecule has 10 heteroatoms. The Labute approximate surface area is 149 Å². The van der Waals surface area contributed by atoms with E-state index in [0.29, 0.717) is 0 Å². The van der Waals surface area contributed by atoms with E-state index in [1.165, 1.54) is 0 Å². The molecule has 25 heavy (non-hydrogen) atoms. The van der Waals surface area contributed by atoms with Crippen LogP contribution in [0.1, 0.15) is 27.7 Å². The van der Waals surface area contributed by atoms with Gasteiger partial charge in [0.05, 0.1) is 5.25 Å². The molecule has 142 valence electrons. The van der Waals surface area contributed by atoms with E-state index in [9.17, 15) is 34.5 Å². The van der Waals surface area contributed by atoms with E-state index in [1.54, 1.807) is 0 Å². The van der Waals surface area contributed by atoms with Gasteiger partial charge in [-0.1, -0.05) is 0 Å². The summed E-state index contributed by atoms with van der Waals surface area (Å²) in [5, 5.41) is 31.4. The molecule has 0 aliphatic carbocycles. The molecule has 0 radical (unpaired) electrons. The van der Waals surface area contributed by atoms with E-state index in [-0.39, 0.29) is 0 Å². The molecule has 0 spiro atoms. The second-order valence-corrected chi connectivity index (χ2v) is 6.65. The molecule has 9 nitrogen and oxygen atoms in total. The van der Waals surface area contributed by atoms with E-state index < -0.39 is 57.6 Å². The zero-order chi connectivity index (χ0) is 20.0. The Morgan fingerprint density at radius 3 is 1.68 bits per heavy atom. The van der Waals surface area contributed by atoms with Gasteiger partial charge in [0.1, 0.15) is 11.9 Å². The Kier molecular flexibility index (Phi) is 6.00. The molecule has 0 aromatic carbocycles. The largest absolute Gasteiger partial charge is 0.376 e. The summed E-state index contributed by atoms with van der Waals surface area (Å²) in [5.74, 6) is -4.33. The number of Topliss-reactive ketones (excluding diaryl/α,β-unsaturated/α-hetero) is 4. The summed E-state index contributed by atoms with van der Waals surface area (Å²) < 4.78 is 10.2. The molecule has 1 rings (SSSR count). The van der Waals surface area contributed by atoms with Crippen molar-refractivity contribution in [1.82, 2.24) is 0 Å². The molecular formula is C15H22O9S. The van der Waals surface area contributed by atoms with Crippen molar-refractivity contribution in [3.63, 3.8) is 0 Å². The maximum Gasteiger partial charge on any atom is 0.213 e. The Bertz CT molecular complexity index is 620. The van der Waals surface area contributed by atoms with Gasteiger partial charge in [-0.2, -0.15) is 12.6 Å². The van der Waals surface area contributed by atoms with Crippen LogP contribution in [0.15, 0.2) is 0 Å². The van der Waals surface area contributed by atoms with Gasteiger partial charge in [-0.3, -0.25) is 19.2 Å². The summed E-state index contributed by atoms with van der Waals surface area (Å²) in [4.78, 5) is 48.3. The zero-order valence-electron chi connectivity index (χ0n) is 14.5. The van der Waals surface area contributed by atoms with E-state index in [0.717, 1.165) is 34.8 Å². The number of thiol groups is 1. The van der Waals surface area contributed by atoms with E-state index in [4.69, 9.17) is 9.47 Å². The average Bonchev–Trinajstić information content (AvgIpc) is 2.51. The van der Waals surface area contributed by atoms with Gasteiger partial charge in [0.2, 0.25) is 11.2 Å². The van der Waals surface area contributed by atoms with E-state index >= 15 is 0 Å². The minimum Gasteiger partial charge on any atom is -0.376 e. The second-order valence-electron chi connectivity index (χ2n) is 6.09. The molecule has 0 amide bonds. The number of carbonyl (C=O) groups excluding carboxylic acids is 4. The van der Waals surface area contributed by atoms with Crippen LogP contribution in [0.2, 0.25) is 0 Å². The topological polar surface area (TPSA) is 147 Å². The first-order valence-corrected chi connectivity index (χ1v) is 7.83. The highest BCUT2D eigenvalue weighted by molar-refractivity contribution is 7.81. The highest BCUT2D eigenvalue weighted by atomic mass is 32.1. The van der Waals surface area contributed by atoms with Crippen LogP contribution in [0.25, 0.3) is 0 Å². The molecular weight excluding hydrogens is 356 g/mol. The molecule has 3 N–H and O–H groups in total. The summed E-state index contributed by atoms with van der Waals surface area (Å²) in [6.07, 6.45) is -3.82. The molecule has 0 aromatic rings. The summed E-state index contributed by atoms with van der Waals surface area (Å²) >= 11 is 3.98. The number of carbonyl (C=O) groups is 4. The molecule has 6 atom stereocenters. The van der Waals surface area contributed by atoms with Crippen LogP contribution in [-0.2, 0) is 28.7 Å². The maximum atomic E-state index is 12.3. The number of ketones is 4. The van der Waals surface area contributed by atoms with Crippen molar-refractivity contribution < 1.29 is 44.0 Å². The molecule has 0 aromatic heterocycles. The summed E-state index contributed by atoms with van der Waals surface area (Å²) in [7, 11) is 1.01. The minimum atomic E-state index is -3.34. The van der Waals surface area contributed by atoms with Crippen molar-refractivity contribution in [2.75, 3.05) is 7.11 Å². The fourth-order valence-electron chi connectivity index (χ4n) is 3.15. The number of ether oxygens (including phenoxy) is 2. The molecule has 1 saturated heterocycles. The number of hydrogen-bond acceptors (Lipinski definition) is 10. The lowest BCUT2D eigenvalue weighted by Gasteiger charge is -2.57. The third kappa shape index (κ3) is 2.68. The fraction of sp³-hybridized carbons (Fsp3) is 0.733. The third-order valence-electron chi connectivity index (χ3n) is 4.63. The molecule has 0 bridgehead atoms. The fourth-order valence-corrected chi connectivity index (χ4v) is 3.44. The Balaban J connectivity index is 3.91. The van der Waals surface area contributed by atoms with Crippen LogP contribution in [0.4, 0.5) is 0 Å². The van der Waals surface area contributed by atoms with Crippen LogP contribution in [0.5, 0.6) is 0 Å². The highest BCUT2D eigenvalue weighted by Crippen LogP contribution is 2.48. The normalized spacial score (nSPS) is 39.6. The first-order valence-electron chi connectivity index (χ1n) is 7.31. The van der Waals surface area contributed by atoms with Crippen LogP contribution < -0.4 is 0 Å². The predicted octanol–water partition coefficient (Wildman–Crippen LogP) is -1.79. The lowest BCUT2D eigenvalue weighted by atomic mass is 9.60. The van der Waals surface area contributed by atoms with E-state index in [2.05, 4.69) is 12.6 Å². The van der Waals surface area contributed by atoms with Crippen molar-refractivity contribution >= 4 is 35.8 Å². The molecule has 1 aliphatic rings. The first kappa shape index (κ1) is 21.9. The Morgan fingerprint density at radius 2 is 1.40 bits per heavy atom. The average molecular weight is 378 g/mol. The molecule has 0 saturated carbocycles. The summed E-state index contributed by atoms with van der Waals surface area (Å²) in [5.41, 5.74) is -9.57. The lowest BCUT2D eigenvalue weighted by molar-refractivity contribution is -0.359. The molecule has 1 unspecified atom stereocenters. The van der Waals surface area contributed by atoms with Gasteiger partial charge in [-0.15, -0.1) is 0 Å². The summed E-state index contributed by atoms with van der Waals surface area (Å²) in [6, 6.07) is 0. The minimum absolute atomic E-state index is 0.651. The van der Waals surface area contributed by atoms with Crippen molar-refractivity contribution in [3.8, 4) is 0 Å². The second kappa shape index (κ2) is 6.86. The van der Waals surface area contributed by atoms with Crippen LogP contribution in [-0.4, -0.2) is 80.0 Å². The quantitative estimate of drug-likeness (QED) is 0.393. The van der Waals surface area contributed by atoms with Crippen molar-refractivity contribution in [1.29, 1.82) is 0 Å². The van der Waals surface area contributed by atoms with Gasteiger partial charge in [0, 0.05) is 7.11 Å². The van der Waals surface area contributed by atoms with Gasteiger partial charge in [0.25, 0.3) is 0 Å². The predicted molar refractivity (Wildman–Crippen MR) is 86.0 cm³/mol. The summed E-state index contributed by atoms with van der Waals surface area (Å²) in [6.45, 7) is 3.51. The number of methoxy groups -OCH3 is 1. The SMILES string of the molecule is CO[C@H]1O[C@H](C(S)C(C)=O)[C@](O)(C(C)=O)[C@@](O)(C(C)=O)[C@]1(O)C(C)=O. The van der Waals surface area contributed by atoms with E-state index in [1.807, 2.05) is 0 Å². The van der Waals surface area contributed by atoms with Crippen LogP contribution >= 0.6 is 12.6 Å². The Morgan fingerprint density at radius 1 is 0.960 bits per heavy atom. The standard InChI is InChI=1S/C15H22O9S/c1-6(16)10(25)11-13(20,7(2)17)15(22,9(4)19)14(21,8(3)18)12(23-5)24-11/h10-12,20-22,25H,1-5H3/t10?,11-,12+,13-,14+,15+/m1/s1. The smallest absolute Gasteiger partial charge is 0.213 e. The van der Waals surface area contributed by atoms with Gasteiger partial charge in [-0.25, -0.2) is 0 Å². The zero-order valence-corrected chi connectivity index (χ0v) is 15.4. The van der Waals surface area contributed by atoms with Crippen molar-refractivity contribution in [2.24, 2.45) is 0 Å². The van der Waals surface area contributed by atoms with Gasteiger partial charge < -0.3 is 24.8 Å². The molecule has 1 fully saturated rings. The maximum absolute atomic E-state index is 12.3. The van der Waals surface area contributed by atoms with Gasteiger partial charge >= 0.3 is 0 Å². The first-order chi connectivity index (χ1) is 11.2. The van der Waals surface area contributed by atoms with Crippen LogP contribution in [0, 0.1) is 0 Å². The number of aliphatic hydroxyl groups is 3. The van der Waals surface area contributed by atoms with Crippen LogP contribution in [0.3, 0.4) is 0 Å². The highest BCUT2D eigenvalue weighted by Gasteiger charge is 2.79. The lowest BCUT2D eigenvalue weighted by Crippen LogP contribution is -2.87. The molecule has 1 heterocycles. The van der Waals surface area contributed by atoms with Crippen molar-refractivity contribution in [3.05, 3.63) is 0 Å². The third-order valence-corrected chi connectivity index (χ3v) is 5.26. The van der Waals surface area contributed by atoms with Gasteiger partial charge in [0.15, 0.2) is 29.2 Å². The number of rotatable bonds is 6. The Hall–Kier alpha value is -1.17. The van der Waals surface area contributed by atoms with Crippen molar-refractivity contribution in [2.45, 2.75) is 62.1 Å². The number of hydrogen-bond donors (Lipinski definition) is 4. The monoisotopic (exact) mass is 378 g/mol. The molecule has 1 aliphatic heterocycles. The van der Waals surface area contributed by atoms with Gasteiger partial charge in [-0.05, 0) is 27.7 Å².